The summed E-state index contributed by atoms with van der Waals surface area (Å²) < 4.78 is 18.3. The van der Waals surface area contributed by atoms with Gasteiger partial charge in [0.15, 0.2) is 18.2 Å². The maximum atomic E-state index is 5.73. The summed E-state index contributed by atoms with van der Waals surface area (Å²) in [6.07, 6.45) is 1.96. The first-order valence-corrected chi connectivity index (χ1v) is 9.70. The van der Waals surface area contributed by atoms with Gasteiger partial charge in [0, 0.05) is 11.6 Å². The fourth-order valence-corrected chi connectivity index (χ4v) is 3.75. The lowest BCUT2D eigenvalue weighted by Crippen LogP contribution is -3.14. The first kappa shape index (κ1) is 17.2. The molecule has 4 heterocycles. The first-order valence-electron chi connectivity index (χ1n) is 9.29. The summed E-state index contributed by atoms with van der Waals surface area (Å²) in [4.78, 5) is 7.48. The fourth-order valence-electron chi connectivity index (χ4n) is 3.57. The highest BCUT2D eigenvalue weighted by Gasteiger charge is 2.26. The number of anilines is 1. The van der Waals surface area contributed by atoms with E-state index < -0.39 is 0 Å². The number of quaternary nitrogens is 1. The van der Waals surface area contributed by atoms with E-state index >= 15 is 0 Å². The van der Waals surface area contributed by atoms with Gasteiger partial charge in [0.1, 0.15) is 26.2 Å². The zero-order chi connectivity index (χ0) is 18.9. The van der Waals surface area contributed by atoms with Gasteiger partial charge < -0.3 is 18.8 Å². The number of aromatic amines is 1. The van der Waals surface area contributed by atoms with Crippen LogP contribution in [0.1, 0.15) is 0 Å². The molecule has 3 aromatic rings. The molecule has 0 atom stereocenters. The molecular formula is C19H21N5O3S+2. The van der Waals surface area contributed by atoms with Gasteiger partial charge in [-0.15, -0.1) is 5.10 Å². The van der Waals surface area contributed by atoms with E-state index in [0.717, 1.165) is 43.3 Å². The molecule has 1 fully saturated rings. The van der Waals surface area contributed by atoms with Crippen LogP contribution < -0.4 is 24.3 Å². The van der Waals surface area contributed by atoms with Crippen molar-refractivity contribution in [2.45, 2.75) is 6.67 Å². The highest BCUT2D eigenvalue weighted by Crippen LogP contribution is 2.35. The Morgan fingerprint density at radius 1 is 1.11 bits per heavy atom. The molecule has 8 nitrogen and oxygen atoms in total. The quantitative estimate of drug-likeness (QED) is 0.654. The van der Waals surface area contributed by atoms with Crippen molar-refractivity contribution >= 4 is 18.0 Å². The Balaban J connectivity index is 1.26. The van der Waals surface area contributed by atoms with E-state index in [2.05, 4.69) is 27.1 Å². The highest BCUT2D eigenvalue weighted by molar-refractivity contribution is 7.71. The highest BCUT2D eigenvalue weighted by atomic mass is 32.1. The molecule has 0 aliphatic carbocycles. The number of benzene rings is 1. The molecule has 9 heteroatoms. The van der Waals surface area contributed by atoms with Crippen molar-refractivity contribution in [3.05, 3.63) is 47.4 Å². The Kier molecular flexibility index (Phi) is 4.46. The average molecular weight is 399 g/mol. The Hall–Kier alpha value is -2.91. The topological polar surface area (TPSA) is 71.2 Å². The number of fused-ring (bicyclic) bond motifs is 1. The average Bonchev–Trinajstić information content (AvgIpc) is 3.35. The lowest BCUT2D eigenvalue weighted by atomic mass is 10.2. The van der Waals surface area contributed by atoms with Gasteiger partial charge in [-0.1, -0.05) is 6.07 Å². The standard InChI is InChI=1S/C19H19N5O3S/c28-19-24(12-22-7-9-23(10-8-22)17-3-1-2-6-20-17)21-18(27-19)14-4-5-15-16(11-14)26-13-25-15/h1-6,11H,7-10,12-13H2/p+2. The Morgan fingerprint density at radius 3 is 2.79 bits per heavy atom. The number of pyridine rings is 1. The molecule has 0 radical (unpaired) electrons. The molecule has 2 N–H and O–H groups in total. The Bertz CT molecular complexity index is 1030. The number of ether oxygens (including phenoxy) is 2. The molecule has 0 bridgehead atoms. The molecule has 0 amide bonds. The molecule has 2 aliphatic heterocycles. The van der Waals surface area contributed by atoms with Crippen molar-refractivity contribution in [3.8, 4) is 23.0 Å². The lowest BCUT2D eigenvalue weighted by molar-refractivity contribution is -0.924. The van der Waals surface area contributed by atoms with E-state index in [9.17, 15) is 0 Å². The summed E-state index contributed by atoms with van der Waals surface area (Å²) in [7, 11) is 0. The number of nitrogens with zero attached hydrogens (tertiary/aromatic N) is 3. The maximum absolute atomic E-state index is 5.73. The van der Waals surface area contributed by atoms with Crippen LogP contribution in [0.2, 0.25) is 0 Å². The van der Waals surface area contributed by atoms with Crippen LogP contribution in [0.5, 0.6) is 11.5 Å². The van der Waals surface area contributed by atoms with Crippen LogP contribution in [0.3, 0.4) is 0 Å². The molecule has 0 saturated carbocycles. The van der Waals surface area contributed by atoms with Crippen LogP contribution in [0.4, 0.5) is 5.82 Å². The minimum Gasteiger partial charge on any atom is -0.454 e. The van der Waals surface area contributed by atoms with Crippen molar-refractivity contribution < 1.29 is 23.8 Å². The van der Waals surface area contributed by atoms with Crippen LogP contribution in [0, 0.1) is 4.84 Å². The van der Waals surface area contributed by atoms with Gasteiger partial charge in [-0.05, 0) is 36.5 Å². The minimum atomic E-state index is 0.243. The van der Waals surface area contributed by atoms with Crippen molar-refractivity contribution in [3.63, 3.8) is 0 Å². The monoisotopic (exact) mass is 399 g/mol. The predicted molar refractivity (Wildman–Crippen MR) is 103 cm³/mol. The van der Waals surface area contributed by atoms with Gasteiger partial charge in [0.2, 0.25) is 12.7 Å². The number of hydrogen-bond donors (Lipinski definition) is 1. The number of H-pyrrole nitrogens is 1. The maximum Gasteiger partial charge on any atom is 0.292 e. The second-order valence-corrected chi connectivity index (χ2v) is 7.23. The van der Waals surface area contributed by atoms with Gasteiger partial charge in [0.25, 0.3) is 10.7 Å². The van der Waals surface area contributed by atoms with Crippen LogP contribution in [-0.2, 0) is 6.67 Å². The van der Waals surface area contributed by atoms with Crippen molar-refractivity contribution in [2.24, 2.45) is 0 Å². The van der Waals surface area contributed by atoms with Crippen LogP contribution >= 0.6 is 12.2 Å². The van der Waals surface area contributed by atoms with E-state index in [1.807, 2.05) is 30.5 Å². The smallest absolute Gasteiger partial charge is 0.292 e. The molecule has 1 aromatic carbocycles. The van der Waals surface area contributed by atoms with Crippen LogP contribution in [0.25, 0.3) is 11.5 Å². The first-order chi connectivity index (χ1) is 13.8. The van der Waals surface area contributed by atoms with E-state index in [4.69, 9.17) is 26.1 Å². The van der Waals surface area contributed by atoms with Crippen molar-refractivity contribution in [2.75, 3.05) is 37.9 Å². The van der Waals surface area contributed by atoms with Gasteiger partial charge in [-0.2, -0.15) is 4.68 Å². The second kappa shape index (κ2) is 7.25. The number of piperazine rings is 1. The van der Waals surface area contributed by atoms with E-state index in [-0.39, 0.29) is 6.79 Å². The number of rotatable bonds is 4. The summed E-state index contributed by atoms with van der Waals surface area (Å²) in [5.41, 5.74) is 0.827. The van der Waals surface area contributed by atoms with Gasteiger partial charge >= 0.3 is 0 Å². The summed E-state index contributed by atoms with van der Waals surface area (Å²) in [5, 5.41) is 4.59. The summed E-state index contributed by atoms with van der Waals surface area (Å²) in [5.74, 6) is 3.09. The van der Waals surface area contributed by atoms with Crippen molar-refractivity contribution in [1.82, 2.24) is 9.78 Å². The Labute approximate surface area is 166 Å². The minimum absolute atomic E-state index is 0.243. The van der Waals surface area contributed by atoms with E-state index in [1.165, 1.54) is 4.90 Å². The molecule has 0 unspecified atom stereocenters. The van der Waals surface area contributed by atoms with E-state index in [1.54, 1.807) is 4.68 Å². The van der Waals surface area contributed by atoms with Gasteiger partial charge in [-0.25, -0.2) is 4.98 Å². The largest absolute Gasteiger partial charge is 0.454 e. The molecule has 5 rings (SSSR count). The third-order valence-electron chi connectivity index (χ3n) is 5.10. The van der Waals surface area contributed by atoms with Crippen molar-refractivity contribution in [1.29, 1.82) is 0 Å². The van der Waals surface area contributed by atoms with Gasteiger partial charge in [0.05, 0.1) is 6.20 Å². The summed E-state index contributed by atoms with van der Waals surface area (Å²) >= 11 is 5.39. The zero-order valence-corrected chi connectivity index (χ0v) is 16.1. The molecular weight excluding hydrogens is 378 g/mol. The molecule has 1 saturated heterocycles. The molecule has 2 aliphatic rings. The Morgan fingerprint density at radius 2 is 1.96 bits per heavy atom. The number of nitrogens with one attached hydrogen (secondary N) is 2. The SMILES string of the molecule is S=c1oc(-c2ccc3c(c2)OCO3)nn1C[NH+]1CCN(c2cccc[nH+]2)CC1. The fraction of sp³-hybridized carbons (Fsp3) is 0.316. The molecule has 2 aromatic heterocycles. The van der Waals surface area contributed by atoms with Gasteiger partial charge in [-0.3, -0.25) is 4.90 Å². The second-order valence-electron chi connectivity index (χ2n) is 6.88. The number of hydrogen-bond acceptors (Lipinski definition) is 6. The zero-order valence-electron chi connectivity index (χ0n) is 15.3. The van der Waals surface area contributed by atoms with Crippen LogP contribution in [0.15, 0.2) is 47.0 Å². The lowest BCUT2D eigenvalue weighted by Gasteiger charge is -2.27. The predicted octanol–water partition coefficient (Wildman–Crippen LogP) is 0.778. The number of aromatic nitrogens is 3. The molecule has 28 heavy (non-hydrogen) atoms. The summed E-state index contributed by atoms with van der Waals surface area (Å²) in [6.45, 7) is 4.92. The normalized spacial score (nSPS) is 16.5. The van der Waals surface area contributed by atoms with Crippen LogP contribution in [-0.4, -0.2) is 42.8 Å². The summed E-state index contributed by atoms with van der Waals surface area (Å²) in [6, 6.07) is 11.8. The third-order valence-corrected chi connectivity index (χ3v) is 5.40. The molecule has 144 valence electrons. The van der Waals surface area contributed by atoms with E-state index in [0.29, 0.717) is 23.1 Å². The molecule has 0 spiro atoms. The third kappa shape index (κ3) is 3.34.